The molecule has 0 aliphatic carbocycles. The lowest BCUT2D eigenvalue weighted by molar-refractivity contribution is -0.123. The van der Waals surface area contributed by atoms with Crippen molar-refractivity contribution in [1.29, 1.82) is 0 Å². The van der Waals surface area contributed by atoms with Crippen LogP contribution in [0.2, 0.25) is 5.02 Å². The Morgan fingerprint density at radius 3 is 2.41 bits per heavy atom. The van der Waals surface area contributed by atoms with Crippen LogP contribution in [0, 0.1) is 6.92 Å². The van der Waals surface area contributed by atoms with Gasteiger partial charge in [0.2, 0.25) is 15.9 Å². The number of nitrogens with one attached hydrogen (secondary N) is 1. The van der Waals surface area contributed by atoms with Gasteiger partial charge in [0, 0.05) is 5.02 Å². The summed E-state index contributed by atoms with van der Waals surface area (Å²) in [5.74, 6) is 0.318. The van der Waals surface area contributed by atoms with Crippen LogP contribution in [-0.4, -0.2) is 39.3 Å². The molecule has 0 aliphatic rings. The van der Waals surface area contributed by atoms with E-state index in [-0.39, 0.29) is 12.6 Å². The molecule has 0 bridgehead atoms. The van der Waals surface area contributed by atoms with Gasteiger partial charge in [-0.1, -0.05) is 42.3 Å². The Morgan fingerprint density at radius 1 is 1.21 bits per heavy atom. The average molecular weight is 439 g/mol. The molecule has 158 valence electrons. The Bertz CT molecular complexity index is 932. The highest BCUT2D eigenvalue weighted by atomic mass is 35.5. The lowest BCUT2D eigenvalue weighted by atomic mass is 10.1. The van der Waals surface area contributed by atoms with Crippen molar-refractivity contribution in [2.24, 2.45) is 0 Å². The Morgan fingerprint density at radius 2 is 1.86 bits per heavy atom. The van der Waals surface area contributed by atoms with Gasteiger partial charge in [-0.15, -0.1) is 0 Å². The Balaban J connectivity index is 2.11. The van der Waals surface area contributed by atoms with Crippen LogP contribution in [-0.2, 0) is 14.8 Å². The van der Waals surface area contributed by atoms with Gasteiger partial charge in [0.05, 0.1) is 18.0 Å². The van der Waals surface area contributed by atoms with E-state index in [0.717, 1.165) is 16.1 Å². The number of hydrogen-bond donors (Lipinski definition) is 1. The van der Waals surface area contributed by atoms with E-state index in [1.165, 1.54) is 6.07 Å². The second-order valence-electron chi connectivity index (χ2n) is 7.00. The number of amides is 1. The third-order valence-electron chi connectivity index (χ3n) is 4.30. The molecule has 0 radical (unpaired) electrons. The molecule has 6 nitrogen and oxygen atoms in total. The lowest BCUT2D eigenvalue weighted by Crippen LogP contribution is -2.52. The maximum Gasteiger partial charge on any atom is 0.244 e. The molecule has 2 aromatic rings. The van der Waals surface area contributed by atoms with E-state index in [1.54, 1.807) is 25.1 Å². The summed E-state index contributed by atoms with van der Waals surface area (Å²) in [6.07, 6.45) is 1.38. The molecule has 0 unspecified atom stereocenters. The van der Waals surface area contributed by atoms with Crippen LogP contribution in [0.1, 0.15) is 25.8 Å². The van der Waals surface area contributed by atoms with Crippen molar-refractivity contribution >= 4 is 33.2 Å². The van der Waals surface area contributed by atoms with E-state index >= 15 is 0 Å². The normalized spacial score (nSPS) is 13.4. The second kappa shape index (κ2) is 9.98. The van der Waals surface area contributed by atoms with Gasteiger partial charge in [0.25, 0.3) is 0 Å². The molecule has 0 heterocycles. The van der Waals surface area contributed by atoms with Crippen LogP contribution in [0.4, 0.5) is 5.69 Å². The van der Waals surface area contributed by atoms with Crippen molar-refractivity contribution in [3.8, 4) is 5.75 Å². The van der Waals surface area contributed by atoms with Crippen molar-refractivity contribution in [2.75, 3.05) is 17.2 Å². The van der Waals surface area contributed by atoms with Crippen LogP contribution >= 0.6 is 11.6 Å². The minimum absolute atomic E-state index is 0.265. The number of nitrogens with zero attached hydrogens (tertiary/aromatic N) is 1. The van der Waals surface area contributed by atoms with Crippen molar-refractivity contribution in [3.05, 3.63) is 59.1 Å². The number of carbonyl (C=O) groups excluding carboxylic acids is 1. The number of anilines is 1. The van der Waals surface area contributed by atoms with Crippen LogP contribution in [0.15, 0.2) is 48.5 Å². The van der Waals surface area contributed by atoms with Crippen LogP contribution < -0.4 is 14.4 Å². The van der Waals surface area contributed by atoms with E-state index < -0.39 is 22.0 Å². The highest BCUT2D eigenvalue weighted by Crippen LogP contribution is 2.25. The molecule has 8 heteroatoms. The summed E-state index contributed by atoms with van der Waals surface area (Å²) in [6.45, 7) is 5.83. The van der Waals surface area contributed by atoms with Crippen LogP contribution in [0.25, 0.3) is 0 Å². The van der Waals surface area contributed by atoms with E-state index in [4.69, 9.17) is 16.3 Å². The van der Waals surface area contributed by atoms with Gasteiger partial charge >= 0.3 is 0 Å². The Kier molecular flexibility index (Phi) is 7.93. The first-order valence-electron chi connectivity index (χ1n) is 9.36. The molecule has 0 aliphatic heterocycles. The molecular formula is C21H27ClN2O4S. The number of ether oxygens (including phenoxy) is 1. The summed E-state index contributed by atoms with van der Waals surface area (Å²) < 4.78 is 31.7. The predicted octanol–water partition coefficient (Wildman–Crippen LogP) is 3.78. The molecule has 0 fully saturated rings. The van der Waals surface area contributed by atoms with Crippen molar-refractivity contribution in [2.45, 2.75) is 39.3 Å². The number of carbonyl (C=O) groups is 1. The molecule has 2 rings (SSSR count). The highest BCUT2D eigenvalue weighted by molar-refractivity contribution is 7.92. The smallest absolute Gasteiger partial charge is 0.244 e. The van der Waals surface area contributed by atoms with Gasteiger partial charge in [0.1, 0.15) is 18.4 Å². The highest BCUT2D eigenvalue weighted by Gasteiger charge is 2.32. The average Bonchev–Trinajstić information content (AvgIpc) is 2.64. The summed E-state index contributed by atoms with van der Waals surface area (Å²) in [6, 6.07) is 12.9. The molecular weight excluding hydrogens is 412 g/mol. The first-order chi connectivity index (χ1) is 13.6. The molecule has 2 aromatic carbocycles. The molecule has 0 spiro atoms. The van der Waals surface area contributed by atoms with Crippen molar-refractivity contribution in [1.82, 2.24) is 5.32 Å². The fourth-order valence-electron chi connectivity index (χ4n) is 2.91. The zero-order valence-corrected chi connectivity index (χ0v) is 18.6. The van der Waals surface area contributed by atoms with Crippen LogP contribution in [0.3, 0.4) is 0 Å². The first-order valence-corrected chi connectivity index (χ1v) is 11.6. The standard InChI is InChI=1S/C21H27ClN2O4S/c1-5-20(24(29(4,26)27)18-8-6-7-17(22)13-18)21(25)23-16(3)14-28-19-11-9-15(2)10-12-19/h6-13,16,20H,5,14H2,1-4H3,(H,23,25)/t16-,20-/m1/s1. The predicted molar refractivity (Wildman–Crippen MR) is 117 cm³/mol. The third-order valence-corrected chi connectivity index (χ3v) is 5.72. The summed E-state index contributed by atoms with van der Waals surface area (Å²) in [4.78, 5) is 12.9. The van der Waals surface area contributed by atoms with Gasteiger partial charge in [-0.05, 0) is 50.6 Å². The quantitative estimate of drug-likeness (QED) is 0.646. The van der Waals surface area contributed by atoms with E-state index in [9.17, 15) is 13.2 Å². The van der Waals surface area contributed by atoms with Gasteiger partial charge in [0.15, 0.2) is 0 Å². The number of benzene rings is 2. The number of aryl methyl sites for hydroxylation is 1. The molecule has 2 atom stereocenters. The van der Waals surface area contributed by atoms with Gasteiger partial charge < -0.3 is 10.1 Å². The zero-order chi connectivity index (χ0) is 21.6. The number of halogens is 1. The molecule has 0 aromatic heterocycles. The van der Waals surface area contributed by atoms with E-state index in [0.29, 0.717) is 22.9 Å². The van der Waals surface area contributed by atoms with Gasteiger partial charge in [-0.25, -0.2) is 8.42 Å². The Labute approximate surface area is 177 Å². The minimum atomic E-state index is -3.70. The fraction of sp³-hybridized carbons (Fsp3) is 0.381. The fourth-order valence-corrected chi connectivity index (χ4v) is 4.30. The van der Waals surface area contributed by atoms with E-state index in [2.05, 4.69) is 5.32 Å². The minimum Gasteiger partial charge on any atom is -0.491 e. The van der Waals surface area contributed by atoms with Crippen LogP contribution in [0.5, 0.6) is 5.75 Å². The molecule has 0 saturated carbocycles. The van der Waals surface area contributed by atoms with Crippen molar-refractivity contribution < 1.29 is 17.9 Å². The number of sulfonamides is 1. The summed E-state index contributed by atoms with van der Waals surface area (Å²) >= 11 is 6.02. The monoisotopic (exact) mass is 438 g/mol. The van der Waals surface area contributed by atoms with Gasteiger partial charge in [-0.2, -0.15) is 0 Å². The summed E-state index contributed by atoms with van der Waals surface area (Å²) in [7, 11) is -3.70. The van der Waals surface area contributed by atoms with Gasteiger partial charge in [-0.3, -0.25) is 9.10 Å². The summed E-state index contributed by atoms with van der Waals surface area (Å²) in [5, 5.41) is 3.24. The summed E-state index contributed by atoms with van der Waals surface area (Å²) in [5.41, 5.74) is 1.48. The SMILES string of the molecule is CC[C@H](C(=O)N[C@H](C)COc1ccc(C)cc1)N(c1cccc(Cl)c1)S(C)(=O)=O. The largest absolute Gasteiger partial charge is 0.491 e. The number of rotatable bonds is 9. The third kappa shape index (κ3) is 6.65. The maximum atomic E-state index is 12.9. The second-order valence-corrected chi connectivity index (χ2v) is 9.29. The Hall–Kier alpha value is -2.25. The maximum absolute atomic E-state index is 12.9. The molecule has 0 saturated heterocycles. The topological polar surface area (TPSA) is 75.7 Å². The number of hydrogen-bond acceptors (Lipinski definition) is 4. The van der Waals surface area contributed by atoms with Crippen molar-refractivity contribution in [3.63, 3.8) is 0 Å². The van der Waals surface area contributed by atoms with E-state index in [1.807, 2.05) is 38.1 Å². The molecule has 1 amide bonds. The first kappa shape index (κ1) is 23.0. The molecule has 1 N–H and O–H groups in total. The zero-order valence-electron chi connectivity index (χ0n) is 17.1. The molecule has 29 heavy (non-hydrogen) atoms. The lowest BCUT2D eigenvalue weighted by Gasteiger charge is -2.31.